The van der Waals surface area contributed by atoms with Crippen LogP contribution in [0.15, 0.2) is 41.4 Å². The third kappa shape index (κ3) is 3.78. The van der Waals surface area contributed by atoms with Gasteiger partial charge in [-0.1, -0.05) is 6.07 Å². The van der Waals surface area contributed by atoms with Crippen LogP contribution in [0.3, 0.4) is 0 Å². The molecule has 3 heterocycles. The van der Waals surface area contributed by atoms with Gasteiger partial charge in [0.2, 0.25) is 10.0 Å². The van der Waals surface area contributed by atoms with Gasteiger partial charge in [-0.3, -0.25) is 9.48 Å². The van der Waals surface area contributed by atoms with Crippen molar-refractivity contribution in [2.75, 3.05) is 13.7 Å². The molecule has 170 valence electrons. The first-order valence-electron chi connectivity index (χ1n) is 10.0. The summed E-state index contributed by atoms with van der Waals surface area (Å²) in [5.74, 6) is -0.694. The van der Waals surface area contributed by atoms with Gasteiger partial charge in [0.25, 0.3) is 5.91 Å². The summed E-state index contributed by atoms with van der Waals surface area (Å²) < 4.78 is 50.6. The number of halogens is 1. The van der Waals surface area contributed by atoms with Crippen molar-refractivity contribution in [3.63, 3.8) is 0 Å². The van der Waals surface area contributed by atoms with Gasteiger partial charge in [-0.05, 0) is 31.2 Å². The lowest BCUT2D eigenvalue weighted by atomic mass is 10.2. The summed E-state index contributed by atoms with van der Waals surface area (Å²) in [6.07, 6.45) is 1.65. The van der Waals surface area contributed by atoms with Crippen molar-refractivity contribution in [1.82, 2.24) is 24.0 Å². The van der Waals surface area contributed by atoms with E-state index >= 15 is 0 Å². The molecular formula is C21H24FN5O4S. The summed E-state index contributed by atoms with van der Waals surface area (Å²) in [6.45, 7) is 2.52. The lowest BCUT2D eigenvalue weighted by molar-refractivity contribution is 0.0942. The van der Waals surface area contributed by atoms with E-state index in [2.05, 4.69) is 10.4 Å². The number of hydrogen-bond acceptors (Lipinski definition) is 5. The molecule has 1 amide bonds. The Bertz CT molecular complexity index is 1280. The summed E-state index contributed by atoms with van der Waals surface area (Å²) in [5.41, 5.74) is 1.63. The molecule has 0 fully saturated rings. The molecule has 0 unspecified atom stereocenters. The molecule has 4 rings (SSSR count). The summed E-state index contributed by atoms with van der Waals surface area (Å²) in [5, 5.41) is 6.82. The third-order valence-electron chi connectivity index (χ3n) is 5.76. The maximum Gasteiger partial charge on any atom is 0.268 e. The molecule has 2 aromatic heterocycles. The number of methoxy groups -OCH3 is 1. The molecule has 1 aromatic carbocycles. The predicted molar refractivity (Wildman–Crippen MR) is 114 cm³/mol. The van der Waals surface area contributed by atoms with E-state index in [0.717, 1.165) is 5.69 Å². The molecule has 1 aliphatic rings. The minimum atomic E-state index is -3.82. The van der Waals surface area contributed by atoms with E-state index < -0.39 is 21.7 Å². The number of aromatic nitrogens is 3. The van der Waals surface area contributed by atoms with Crippen LogP contribution in [-0.4, -0.2) is 46.6 Å². The van der Waals surface area contributed by atoms with Gasteiger partial charge >= 0.3 is 0 Å². The molecular weight excluding hydrogens is 437 g/mol. The Labute approximate surface area is 185 Å². The van der Waals surface area contributed by atoms with Crippen LogP contribution in [0.4, 0.5) is 4.39 Å². The monoisotopic (exact) mass is 461 g/mol. The summed E-state index contributed by atoms with van der Waals surface area (Å²) >= 11 is 0. The van der Waals surface area contributed by atoms with E-state index in [4.69, 9.17) is 4.74 Å². The fourth-order valence-electron chi connectivity index (χ4n) is 3.82. The van der Waals surface area contributed by atoms with Crippen LogP contribution >= 0.6 is 0 Å². The Morgan fingerprint density at radius 2 is 2.06 bits per heavy atom. The Hall–Kier alpha value is -3.18. The number of fused-ring (bicyclic) bond motifs is 1. The first-order chi connectivity index (χ1) is 15.2. The van der Waals surface area contributed by atoms with Gasteiger partial charge in [0.05, 0.1) is 25.9 Å². The molecule has 0 spiro atoms. The van der Waals surface area contributed by atoms with Gasteiger partial charge in [-0.25, -0.2) is 12.8 Å². The smallest absolute Gasteiger partial charge is 0.268 e. The zero-order valence-corrected chi connectivity index (χ0v) is 18.8. The Morgan fingerprint density at radius 1 is 1.28 bits per heavy atom. The molecule has 0 bridgehead atoms. The fraction of sp³-hybridized carbons (Fsp3) is 0.333. The lowest BCUT2D eigenvalue weighted by Gasteiger charge is -2.26. The summed E-state index contributed by atoms with van der Waals surface area (Å²) in [4.78, 5) is 12.9. The number of nitrogens with one attached hydrogen (secondary N) is 1. The molecule has 0 saturated carbocycles. The quantitative estimate of drug-likeness (QED) is 0.604. The summed E-state index contributed by atoms with van der Waals surface area (Å²) in [6, 6.07) is 7.56. The second kappa shape index (κ2) is 8.40. The number of carbonyl (C=O) groups excluding carboxylic acids is 1. The number of benzene rings is 1. The first kappa shape index (κ1) is 22.0. The van der Waals surface area contributed by atoms with Crippen molar-refractivity contribution in [1.29, 1.82) is 0 Å². The highest BCUT2D eigenvalue weighted by atomic mass is 32.2. The number of carbonyl (C=O) groups is 1. The van der Waals surface area contributed by atoms with Crippen LogP contribution in [0.2, 0.25) is 0 Å². The minimum Gasteiger partial charge on any atom is -0.496 e. The lowest BCUT2D eigenvalue weighted by Crippen LogP contribution is -2.38. The Balaban J connectivity index is 1.57. The summed E-state index contributed by atoms with van der Waals surface area (Å²) in [7, 11) is -0.776. The van der Waals surface area contributed by atoms with E-state index in [1.54, 1.807) is 37.0 Å². The average molecular weight is 462 g/mol. The molecule has 0 radical (unpaired) electrons. The third-order valence-corrected chi connectivity index (χ3v) is 7.73. The van der Waals surface area contributed by atoms with Gasteiger partial charge in [-0.15, -0.1) is 0 Å². The van der Waals surface area contributed by atoms with E-state index in [9.17, 15) is 17.6 Å². The normalized spacial score (nSPS) is 14.2. The van der Waals surface area contributed by atoms with E-state index in [0.29, 0.717) is 24.5 Å². The molecule has 0 saturated heterocycles. The molecule has 32 heavy (non-hydrogen) atoms. The fourth-order valence-corrected chi connectivity index (χ4v) is 5.49. The number of sulfonamides is 1. The maximum absolute atomic E-state index is 14.2. The van der Waals surface area contributed by atoms with Crippen LogP contribution in [0, 0.1) is 12.7 Å². The zero-order valence-electron chi connectivity index (χ0n) is 18.0. The number of nitrogens with zero attached hydrogens (tertiary/aromatic N) is 4. The van der Waals surface area contributed by atoms with Crippen molar-refractivity contribution in [3.05, 3.63) is 65.0 Å². The van der Waals surface area contributed by atoms with Crippen LogP contribution < -0.4 is 10.1 Å². The van der Waals surface area contributed by atoms with E-state index in [1.807, 2.05) is 0 Å². The molecule has 3 aromatic rings. The molecule has 11 heteroatoms. The average Bonchev–Trinajstić information content (AvgIpc) is 3.37. The molecule has 0 aliphatic carbocycles. The second-order valence-corrected chi connectivity index (χ2v) is 9.43. The molecule has 1 aliphatic heterocycles. The Morgan fingerprint density at radius 3 is 2.81 bits per heavy atom. The van der Waals surface area contributed by atoms with Crippen LogP contribution in [-0.2, 0) is 36.7 Å². The Kier molecular flexibility index (Phi) is 5.78. The van der Waals surface area contributed by atoms with E-state index in [1.165, 1.54) is 34.2 Å². The molecule has 9 nitrogen and oxygen atoms in total. The number of ether oxygens (including phenoxy) is 1. The van der Waals surface area contributed by atoms with Gasteiger partial charge in [0, 0.05) is 37.6 Å². The van der Waals surface area contributed by atoms with E-state index in [-0.39, 0.29) is 29.2 Å². The number of rotatable bonds is 6. The standard InChI is InChI=1S/C21H24FN5O4S/c1-14-20(32(29,30)26-9-10-27-15(13-26)7-8-24-27)11-18(25(14)2)21(28)23-12-16-17(22)5-4-6-19(16)31-3/h4-8,11H,9-10,12-13H2,1-3H3,(H,23,28). The largest absolute Gasteiger partial charge is 0.496 e. The topological polar surface area (TPSA) is 98.5 Å². The maximum atomic E-state index is 14.2. The van der Waals surface area contributed by atoms with Gasteiger partial charge < -0.3 is 14.6 Å². The first-order valence-corrected chi connectivity index (χ1v) is 11.4. The van der Waals surface area contributed by atoms with Crippen LogP contribution in [0.5, 0.6) is 5.75 Å². The van der Waals surface area contributed by atoms with Gasteiger partial charge in [-0.2, -0.15) is 9.40 Å². The van der Waals surface area contributed by atoms with Crippen molar-refractivity contribution in [2.24, 2.45) is 7.05 Å². The van der Waals surface area contributed by atoms with Crippen LogP contribution in [0.25, 0.3) is 0 Å². The highest BCUT2D eigenvalue weighted by Gasteiger charge is 2.32. The van der Waals surface area contributed by atoms with Crippen molar-refractivity contribution < 1.29 is 22.3 Å². The zero-order chi connectivity index (χ0) is 23.0. The van der Waals surface area contributed by atoms with Crippen molar-refractivity contribution in [2.45, 2.75) is 31.5 Å². The van der Waals surface area contributed by atoms with Crippen molar-refractivity contribution >= 4 is 15.9 Å². The van der Waals surface area contributed by atoms with Gasteiger partial charge in [0.1, 0.15) is 22.2 Å². The van der Waals surface area contributed by atoms with Gasteiger partial charge in [0.15, 0.2) is 0 Å². The minimum absolute atomic E-state index is 0.0709. The van der Waals surface area contributed by atoms with Crippen molar-refractivity contribution in [3.8, 4) is 5.75 Å². The second-order valence-electron chi connectivity index (χ2n) is 7.53. The number of hydrogen-bond donors (Lipinski definition) is 1. The molecule has 1 N–H and O–H groups in total. The highest BCUT2D eigenvalue weighted by Crippen LogP contribution is 2.27. The molecule has 0 atom stereocenters. The highest BCUT2D eigenvalue weighted by molar-refractivity contribution is 7.89. The SMILES string of the molecule is COc1cccc(F)c1CNC(=O)c1cc(S(=O)(=O)N2CCn3nccc3C2)c(C)n1C. The van der Waals surface area contributed by atoms with Crippen LogP contribution in [0.1, 0.15) is 27.4 Å². The predicted octanol–water partition coefficient (Wildman–Crippen LogP) is 1.81. The number of amides is 1.